The average molecular weight is 168 g/mol. The minimum Gasteiger partial charge on any atom is -0.328 e. The number of nitrogens with zero attached hydrogens (tertiary/aromatic N) is 3. The van der Waals surface area contributed by atoms with Gasteiger partial charge in [0.25, 0.3) is 0 Å². The summed E-state index contributed by atoms with van der Waals surface area (Å²) in [5.41, 5.74) is 6.60. The molecule has 0 bridgehead atoms. The van der Waals surface area contributed by atoms with Crippen molar-refractivity contribution in [1.82, 2.24) is 15.0 Å². The predicted octanol–water partition coefficient (Wildman–Crippen LogP) is 0.749. The molecule has 0 aliphatic rings. The predicted molar refractivity (Wildman–Crippen MR) is 47.8 cm³/mol. The first-order chi connectivity index (χ1) is 5.59. The Labute approximate surface area is 72.8 Å². The summed E-state index contributed by atoms with van der Waals surface area (Å²) in [6.45, 7) is 6.11. The van der Waals surface area contributed by atoms with E-state index < -0.39 is 0 Å². The van der Waals surface area contributed by atoms with Crippen LogP contribution in [0.25, 0.3) is 0 Å². The molecule has 2 N–H and O–H groups in total. The Morgan fingerprint density at radius 2 is 2.17 bits per heavy atom. The monoisotopic (exact) mass is 168 g/mol. The van der Waals surface area contributed by atoms with E-state index in [0.717, 1.165) is 12.1 Å². The van der Waals surface area contributed by atoms with Gasteiger partial charge in [-0.15, -0.1) is 5.10 Å². The van der Waals surface area contributed by atoms with Gasteiger partial charge in [-0.1, -0.05) is 5.21 Å². The molecule has 4 nitrogen and oxygen atoms in total. The molecule has 1 aromatic heterocycles. The highest BCUT2D eigenvalue weighted by Crippen LogP contribution is 2.03. The molecular weight excluding hydrogens is 152 g/mol. The van der Waals surface area contributed by atoms with Gasteiger partial charge >= 0.3 is 0 Å². The lowest BCUT2D eigenvalue weighted by atomic mass is 10.2. The van der Waals surface area contributed by atoms with Gasteiger partial charge in [0, 0.05) is 24.7 Å². The fourth-order valence-corrected chi connectivity index (χ4v) is 0.989. The maximum atomic E-state index is 5.63. The minimum absolute atomic E-state index is 0.155. The molecule has 4 heteroatoms. The molecule has 1 heterocycles. The van der Waals surface area contributed by atoms with Crippen LogP contribution in [0.2, 0.25) is 0 Å². The second kappa shape index (κ2) is 3.67. The van der Waals surface area contributed by atoms with Crippen LogP contribution in [0, 0.1) is 0 Å². The zero-order chi connectivity index (χ0) is 9.14. The molecular formula is C8H16N4. The Bertz CT molecular complexity index is 239. The number of nitrogens with two attached hydrogens (primary N) is 1. The van der Waals surface area contributed by atoms with E-state index in [1.807, 2.05) is 17.8 Å². The van der Waals surface area contributed by atoms with Gasteiger partial charge in [0.15, 0.2) is 0 Å². The third-order valence-corrected chi connectivity index (χ3v) is 1.62. The molecule has 0 amide bonds. The van der Waals surface area contributed by atoms with Crippen molar-refractivity contribution >= 4 is 0 Å². The van der Waals surface area contributed by atoms with Gasteiger partial charge in [0.05, 0.1) is 5.69 Å². The molecule has 68 valence electrons. The topological polar surface area (TPSA) is 56.7 Å². The summed E-state index contributed by atoms with van der Waals surface area (Å²) >= 11 is 0. The molecule has 0 spiro atoms. The van der Waals surface area contributed by atoms with Crippen molar-refractivity contribution < 1.29 is 0 Å². The van der Waals surface area contributed by atoms with Crippen LogP contribution in [0.15, 0.2) is 6.20 Å². The molecule has 0 saturated heterocycles. The molecule has 0 aliphatic carbocycles. The summed E-state index contributed by atoms with van der Waals surface area (Å²) < 4.78 is 1.84. The van der Waals surface area contributed by atoms with E-state index in [9.17, 15) is 0 Å². The molecule has 0 fully saturated rings. The van der Waals surface area contributed by atoms with Crippen molar-refractivity contribution in [2.24, 2.45) is 5.73 Å². The van der Waals surface area contributed by atoms with Crippen LogP contribution < -0.4 is 5.73 Å². The summed E-state index contributed by atoms with van der Waals surface area (Å²) in [4.78, 5) is 0. The lowest BCUT2D eigenvalue weighted by Gasteiger charge is -2.01. The van der Waals surface area contributed by atoms with Gasteiger partial charge in [0.2, 0.25) is 0 Å². The molecule has 1 atom stereocenters. The Morgan fingerprint density at radius 3 is 2.58 bits per heavy atom. The molecule has 0 radical (unpaired) electrons. The van der Waals surface area contributed by atoms with E-state index in [4.69, 9.17) is 5.73 Å². The van der Waals surface area contributed by atoms with Crippen LogP contribution in [0.5, 0.6) is 0 Å². The Kier molecular flexibility index (Phi) is 2.81. The number of rotatable bonds is 3. The maximum absolute atomic E-state index is 5.63. The highest BCUT2D eigenvalue weighted by atomic mass is 15.4. The standard InChI is InChI=1S/C8H16N4/c1-6(2)12-5-8(10-11-12)4-7(3)9/h5-7H,4,9H2,1-3H3/t7-/m0/s1. The van der Waals surface area contributed by atoms with Crippen molar-refractivity contribution in [3.05, 3.63) is 11.9 Å². The SMILES string of the molecule is CC(C)n1cc(C[C@H](C)N)nn1. The van der Waals surface area contributed by atoms with E-state index >= 15 is 0 Å². The highest BCUT2D eigenvalue weighted by Gasteiger charge is 2.04. The van der Waals surface area contributed by atoms with Crippen molar-refractivity contribution in [2.75, 3.05) is 0 Å². The zero-order valence-corrected chi connectivity index (χ0v) is 7.86. The van der Waals surface area contributed by atoms with E-state index in [2.05, 4.69) is 24.2 Å². The van der Waals surface area contributed by atoms with E-state index in [1.54, 1.807) is 0 Å². The van der Waals surface area contributed by atoms with Crippen molar-refractivity contribution in [2.45, 2.75) is 39.3 Å². The summed E-state index contributed by atoms with van der Waals surface area (Å²) in [6, 6.07) is 0.529. The van der Waals surface area contributed by atoms with E-state index in [1.165, 1.54) is 0 Å². The van der Waals surface area contributed by atoms with Crippen molar-refractivity contribution in [1.29, 1.82) is 0 Å². The molecule has 1 rings (SSSR count). The minimum atomic E-state index is 0.155. The lowest BCUT2D eigenvalue weighted by Crippen LogP contribution is -2.17. The second-order valence-electron chi connectivity index (χ2n) is 3.47. The number of hydrogen-bond donors (Lipinski definition) is 1. The molecule has 1 aromatic rings. The normalized spacial score (nSPS) is 13.8. The first kappa shape index (κ1) is 9.19. The van der Waals surface area contributed by atoms with E-state index in [-0.39, 0.29) is 6.04 Å². The number of aromatic nitrogens is 3. The third kappa shape index (κ3) is 2.30. The first-order valence-electron chi connectivity index (χ1n) is 4.26. The van der Waals surface area contributed by atoms with Crippen LogP contribution in [0.3, 0.4) is 0 Å². The quantitative estimate of drug-likeness (QED) is 0.724. The van der Waals surface area contributed by atoms with Crippen molar-refractivity contribution in [3.8, 4) is 0 Å². The fourth-order valence-electron chi connectivity index (χ4n) is 0.989. The Hall–Kier alpha value is -0.900. The van der Waals surface area contributed by atoms with Gasteiger partial charge in [-0.25, -0.2) is 4.68 Å². The number of hydrogen-bond acceptors (Lipinski definition) is 3. The average Bonchev–Trinajstić information content (AvgIpc) is 2.34. The van der Waals surface area contributed by atoms with E-state index in [0.29, 0.717) is 6.04 Å². The van der Waals surface area contributed by atoms with Gasteiger partial charge in [-0.2, -0.15) is 0 Å². The van der Waals surface area contributed by atoms with Crippen LogP contribution in [0.1, 0.15) is 32.5 Å². The van der Waals surface area contributed by atoms with Crippen LogP contribution >= 0.6 is 0 Å². The van der Waals surface area contributed by atoms with Gasteiger partial charge in [-0.3, -0.25) is 0 Å². The Balaban J connectivity index is 2.64. The molecule has 0 saturated carbocycles. The summed E-state index contributed by atoms with van der Waals surface area (Å²) in [7, 11) is 0. The van der Waals surface area contributed by atoms with Crippen LogP contribution in [-0.2, 0) is 6.42 Å². The Morgan fingerprint density at radius 1 is 1.50 bits per heavy atom. The van der Waals surface area contributed by atoms with Crippen LogP contribution in [-0.4, -0.2) is 21.0 Å². The zero-order valence-electron chi connectivity index (χ0n) is 7.86. The van der Waals surface area contributed by atoms with Gasteiger partial charge in [-0.05, 0) is 20.8 Å². The summed E-state index contributed by atoms with van der Waals surface area (Å²) in [6.07, 6.45) is 2.75. The summed E-state index contributed by atoms with van der Waals surface area (Å²) in [5.74, 6) is 0. The molecule has 0 aromatic carbocycles. The molecule has 12 heavy (non-hydrogen) atoms. The summed E-state index contributed by atoms with van der Waals surface area (Å²) in [5, 5.41) is 7.99. The third-order valence-electron chi connectivity index (χ3n) is 1.62. The smallest absolute Gasteiger partial charge is 0.0842 e. The fraction of sp³-hybridized carbons (Fsp3) is 0.750. The maximum Gasteiger partial charge on any atom is 0.0842 e. The molecule has 0 aliphatic heterocycles. The lowest BCUT2D eigenvalue weighted by molar-refractivity contribution is 0.514. The van der Waals surface area contributed by atoms with Gasteiger partial charge < -0.3 is 5.73 Å². The largest absolute Gasteiger partial charge is 0.328 e. The first-order valence-corrected chi connectivity index (χ1v) is 4.26. The second-order valence-corrected chi connectivity index (χ2v) is 3.47. The van der Waals surface area contributed by atoms with Gasteiger partial charge in [0.1, 0.15) is 0 Å². The van der Waals surface area contributed by atoms with Crippen LogP contribution in [0.4, 0.5) is 0 Å². The molecule has 0 unspecified atom stereocenters. The highest BCUT2D eigenvalue weighted by molar-refractivity contribution is 4.95. The van der Waals surface area contributed by atoms with Crippen molar-refractivity contribution in [3.63, 3.8) is 0 Å².